The van der Waals surface area contributed by atoms with E-state index < -0.39 is 0 Å². The number of amides is 2. The van der Waals surface area contributed by atoms with Crippen molar-refractivity contribution in [3.05, 3.63) is 16.1 Å². The van der Waals surface area contributed by atoms with Gasteiger partial charge in [-0.3, -0.25) is 0 Å². The Kier molecular flexibility index (Phi) is 5.79. The van der Waals surface area contributed by atoms with Gasteiger partial charge in [-0.25, -0.2) is 9.78 Å². The van der Waals surface area contributed by atoms with Crippen molar-refractivity contribution >= 4 is 17.4 Å². The lowest BCUT2D eigenvalue weighted by Crippen LogP contribution is -2.40. The Balaban J connectivity index is 1.60. The average Bonchev–Trinajstić information content (AvgIpc) is 3.05. The first-order valence-electron chi connectivity index (χ1n) is 7.21. The summed E-state index contributed by atoms with van der Waals surface area (Å²) in [6.07, 6.45) is 6.51. The van der Waals surface area contributed by atoms with Gasteiger partial charge in [0, 0.05) is 23.7 Å². The number of nitrogens with one attached hydrogen (secondary N) is 2. The zero-order chi connectivity index (χ0) is 14.4. The van der Waals surface area contributed by atoms with E-state index >= 15 is 0 Å². The molecule has 1 saturated heterocycles. The molecule has 0 unspecified atom stereocenters. The fourth-order valence-corrected chi connectivity index (χ4v) is 3.02. The highest BCUT2D eigenvalue weighted by atomic mass is 32.1. The van der Waals surface area contributed by atoms with E-state index in [4.69, 9.17) is 4.74 Å². The summed E-state index contributed by atoms with van der Waals surface area (Å²) in [7, 11) is 0. The van der Waals surface area contributed by atoms with Gasteiger partial charge in [0.05, 0.1) is 12.6 Å². The van der Waals surface area contributed by atoms with Crippen LogP contribution >= 0.6 is 11.3 Å². The molecule has 2 N–H and O–H groups in total. The van der Waals surface area contributed by atoms with E-state index in [0.29, 0.717) is 12.6 Å². The number of aryl methyl sites for hydroxylation is 1. The van der Waals surface area contributed by atoms with Crippen LogP contribution in [0.25, 0.3) is 0 Å². The Morgan fingerprint density at radius 1 is 1.65 bits per heavy atom. The third kappa shape index (κ3) is 5.09. The number of rotatable bonds is 6. The topological polar surface area (TPSA) is 63.2 Å². The summed E-state index contributed by atoms with van der Waals surface area (Å²) in [5.41, 5.74) is 0. The number of urea groups is 1. The third-order valence-corrected chi connectivity index (χ3v) is 4.31. The molecule has 2 atom stereocenters. The van der Waals surface area contributed by atoms with Crippen molar-refractivity contribution in [2.24, 2.45) is 0 Å². The molecule has 0 saturated carbocycles. The quantitative estimate of drug-likeness (QED) is 0.848. The van der Waals surface area contributed by atoms with Crippen molar-refractivity contribution < 1.29 is 9.53 Å². The molecule has 20 heavy (non-hydrogen) atoms. The second-order valence-electron chi connectivity index (χ2n) is 5.31. The average molecular weight is 297 g/mol. The molecule has 5 nitrogen and oxygen atoms in total. The van der Waals surface area contributed by atoms with E-state index in [1.54, 1.807) is 11.3 Å². The van der Waals surface area contributed by atoms with Crippen LogP contribution in [0.1, 0.15) is 42.5 Å². The predicted octanol–water partition coefficient (Wildman–Crippen LogP) is 2.60. The lowest BCUT2D eigenvalue weighted by Gasteiger charge is -2.16. The highest BCUT2D eigenvalue weighted by Crippen LogP contribution is 2.17. The summed E-state index contributed by atoms with van der Waals surface area (Å²) in [4.78, 5) is 17.1. The van der Waals surface area contributed by atoms with Gasteiger partial charge in [0.25, 0.3) is 0 Å². The maximum Gasteiger partial charge on any atom is 0.315 e. The fourth-order valence-electron chi connectivity index (χ4n) is 2.29. The molecule has 1 aliphatic heterocycles. The molecule has 2 amide bonds. The molecule has 0 spiro atoms. The summed E-state index contributed by atoms with van der Waals surface area (Å²) < 4.78 is 5.58. The molecule has 2 heterocycles. The van der Waals surface area contributed by atoms with Gasteiger partial charge in [-0.2, -0.15) is 0 Å². The van der Waals surface area contributed by atoms with Crippen molar-refractivity contribution in [2.75, 3.05) is 6.61 Å². The zero-order valence-corrected chi connectivity index (χ0v) is 13.0. The van der Waals surface area contributed by atoms with Crippen LogP contribution in [-0.4, -0.2) is 29.8 Å². The molecule has 0 bridgehead atoms. The van der Waals surface area contributed by atoms with Crippen LogP contribution in [-0.2, 0) is 11.3 Å². The van der Waals surface area contributed by atoms with Gasteiger partial charge in [-0.15, -0.1) is 11.3 Å². The minimum absolute atomic E-state index is 0.127. The van der Waals surface area contributed by atoms with Crippen molar-refractivity contribution in [3.63, 3.8) is 0 Å². The molecule has 6 heteroatoms. The molecule has 1 fully saturated rings. The maximum absolute atomic E-state index is 11.8. The van der Waals surface area contributed by atoms with Crippen molar-refractivity contribution in [2.45, 2.75) is 58.2 Å². The van der Waals surface area contributed by atoms with Gasteiger partial charge < -0.3 is 15.4 Å². The van der Waals surface area contributed by atoms with Crippen LogP contribution in [0.2, 0.25) is 0 Å². The maximum atomic E-state index is 11.8. The first kappa shape index (κ1) is 15.3. The highest BCUT2D eigenvalue weighted by molar-refractivity contribution is 7.11. The summed E-state index contributed by atoms with van der Waals surface area (Å²) in [5.74, 6) is 0. The van der Waals surface area contributed by atoms with Gasteiger partial charge in [0.15, 0.2) is 0 Å². The first-order chi connectivity index (χ1) is 9.63. The number of hydrogen-bond acceptors (Lipinski definition) is 4. The van der Waals surface area contributed by atoms with Crippen LogP contribution in [0.5, 0.6) is 0 Å². The third-order valence-electron chi connectivity index (χ3n) is 3.39. The molecule has 1 aliphatic rings. The number of aromatic nitrogens is 1. The number of ether oxygens (including phenoxy) is 1. The minimum atomic E-state index is -0.127. The SMILES string of the molecule is Cc1cnc(CNC(=O)N[C@@H](C)CC[C@@H]2CCCO2)s1. The van der Waals surface area contributed by atoms with Crippen LogP contribution in [0, 0.1) is 6.92 Å². The number of carbonyl (C=O) groups excluding carboxylic acids is 1. The van der Waals surface area contributed by atoms with Gasteiger partial charge in [-0.05, 0) is 39.5 Å². The first-order valence-corrected chi connectivity index (χ1v) is 8.02. The van der Waals surface area contributed by atoms with Crippen molar-refractivity contribution in [1.29, 1.82) is 0 Å². The summed E-state index contributed by atoms with van der Waals surface area (Å²) in [5, 5.41) is 6.72. The Morgan fingerprint density at radius 3 is 3.15 bits per heavy atom. The zero-order valence-electron chi connectivity index (χ0n) is 12.1. The lowest BCUT2D eigenvalue weighted by molar-refractivity contribution is 0.100. The van der Waals surface area contributed by atoms with Crippen LogP contribution in [0.4, 0.5) is 4.79 Å². The number of carbonyl (C=O) groups is 1. The molecule has 0 aliphatic carbocycles. The molecule has 0 radical (unpaired) electrons. The highest BCUT2D eigenvalue weighted by Gasteiger charge is 2.17. The van der Waals surface area contributed by atoms with Gasteiger partial charge in [0.1, 0.15) is 5.01 Å². The van der Waals surface area contributed by atoms with Gasteiger partial charge in [0.2, 0.25) is 0 Å². The van der Waals surface area contributed by atoms with Gasteiger partial charge in [-0.1, -0.05) is 0 Å². The normalized spacial score (nSPS) is 19.8. The molecule has 0 aromatic carbocycles. The Hall–Kier alpha value is -1.14. The number of nitrogens with zero attached hydrogens (tertiary/aromatic N) is 1. The monoisotopic (exact) mass is 297 g/mol. The van der Waals surface area contributed by atoms with E-state index in [1.165, 1.54) is 6.42 Å². The van der Waals surface area contributed by atoms with Crippen molar-refractivity contribution in [3.8, 4) is 0 Å². The number of hydrogen-bond donors (Lipinski definition) is 2. The Bertz CT molecular complexity index is 430. The molecule has 112 valence electrons. The standard InChI is InChI=1S/C14H23N3O2S/c1-10(5-6-12-4-3-7-19-12)17-14(18)16-9-13-15-8-11(2)20-13/h8,10,12H,3-7,9H2,1-2H3,(H2,16,17,18)/t10-,12-/m0/s1. The van der Waals surface area contributed by atoms with E-state index in [0.717, 1.165) is 35.8 Å². The predicted molar refractivity (Wildman–Crippen MR) is 79.9 cm³/mol. The number of thiazole rings is 1. The smallest absolute Gasteiger partial charge is 0.315 e. The van der Waals surface area contributed by atoms with Crippen LogP contribution < -0.4 is 10.6 Å². The van der Waals surface area contributed by atoms with Crippen molar-refractivity contribution in [1.82, 2.24) is 15.6 Å². The second kappa shape index (κ2) is 7.59. The van der Waals surface area contributed by atoms with E-state index in [9.17, 15) is 4.79 Å². The molecular formula is C14H23N3O2S. The molecule has 1 aromatic heterocycles. The summed E-state index contributed by atoms with van der Waals surface area (Å²) >= 11 is 1.61. The van der Waals surface area contributed by atoms with E-state index in [2.05, 4.69) is 15.6 Å². The summed E-state index contributed by atoms with van der Waals surface area (Å²) in [6, 6.07) is 0.0370. The molecule has 1 aromatic rings. The minimum Gasteiger partial charge on any atom is -0.378 e. The lowest BCUT2D eigenvalue weighted by atomic mass is 10.1. The summed E-state index contributed by atoms with van der Waals surface area (Å²) in [6.45, 7) is 5.42. The molecule has 2 rings (SSSR count). The molecular weight excluding hydrogens is 274 g/mol. The second-order valence-corrected chi connectivity index (χ2v) is 6.62. The Labute approximate surface area is 124 Å². The van der Waals surface area contributed by atoms with E-state index in [-0.39, 0.29) is 12.1 Å². The Morgan fingerprint density at radius 2 is 2.50 bits per heavy atom. The largest absolute Gasteiger partial charge is 0.378 e. The van der Waals surface area contributed by atoms with Crippen LogP contribution in [0.15, 0.2) is 6.20 Å². The fraction of sp³-hybridized carbons (Fsp3) is 0.714. The van der Waals surface area contributed by atoms with E-state index in [1.807, 2.05) is 20.0 Å². The van der Waals surface area contributed by atoms with Crippen LogP contribution in [0.3, 0.4) is 0 Å². The van der Waals surface area contributed by atoms with Gasteiger partial charge >= 0.3 is 6.03 Å².